The smallest absolute Gasteiger partial charge is 0.184 e. The van der Waals surface area contributed by atoms with Gasteiger partial charge in [0.15, 0.2) is 5.78 Å². The van der Waals surface area contributed by atoms with Crippen molar-refractivity contribution in [2.75, 3.05) is 0 Å². The number of nitrogens with two attached hydrogens (primary N) is 1. The molecule has 0 aromatic heterocycles. The minimum absolute atomic E-state index is 0.0659. The van der Waals surface area contributed by atoms with Crippen LogP contribution >= 0.6 is 0 Å². The highest BCUT2D eigenvalue weighted by atomic mass is 19.1. The number of ketones is 1. The molecule has 0 spiro atoms. The van der Waals surface area contributed by atoms with E-state index in [0.29, 0.717) is 11.6 Å². The largest absolute Gasteiger partial charge is 0.318 e. The third-order valence-electron chi connectivity index (χ3n) is 2.59. The second kappa shape index (κ2) is 5.06. The quantitative estimate of drug-likeness (QED) is 0.847. The Morgan fingerprint density at radius 3 is 2.11 bits per heavy atom. The lowest BCUT2D eigenvalue weighted by molar-refractivity contribution is 0.0960. The SMILES string of the molecule is N[C@@H](C(=O)c1cc(F)cc(F)c1)c1ccccc1. The zero-order chi connectivity index (χ0) is 13.1. The van der Waals surface area contributed by atoms with Crippen LogP contribution in [0.15, 0.2) is 48.5 Å². The molecule has 2 nitrogen and oxygen atoms in total. The van der Waals surface area contributed by atoms with Gasteiger partial charge in [-0.25, -0.2) is 8.78 Å². The molecule has 2 rings (SSSR count). The monoisotopic (exact) mass is 247 g/mol. The topological polar surface area (TPSA) is 43.1 Å². The number of halogens is 2. The Bertz CT molecular complexity index is 549. The first-order valence-electron chi connectivity index (χ1n) is 5.39. The van der Waals surface area contributed by atoms with Crippen molar-refractivity contribution in [2.24, 2.45) is 5.73 Å². The number of benzene rings is 2. The molecule has 0 fully saturated rings. The van der Waals surface area contributed by atoms with Crippen LogP contribution in [0.25, 0.3) is 0 Å². The van der Waals surface area contributed by atoms with Gasteiger partial charge in [-0.2, -0.15) is 0 Å². The second-order valence-electron chi connectivity index (χ2n) is 3.91. The summed E-state index contributed by atoms with van der Waals surface area (Å²) < 4.78 is 26.0. The number of Topliss-reactive ketones (excluding diaryl/α,β-unsaturated/α-hetero) is 1. The number of carbonyl (C=O) groups is 1. The Balaban J connectivity index is 2.31. The van der Waals surface area contributed by atoms with E-state index in [4.69, 9.17) is 5.73 Å². The Labute approximate surface area is 103 Å². The number of hydrogen-bond acceptors (Lipinski definition) is 2. The van der Waals surface area contributed by atoms with Gasteiger partial charge >= 0.3 is 0 Å². The van der Waals surface area contributed by atoms with E-state index in [0.717, 1.165) is 12.1 Å². The molecule has 0 heterocycles. The van der Waals surface area contributed by atoms with E-state index in [1.807, 2.05) is 0 Å². The Kier molecular flexibility index (Phi) is 3.48. The molecule has 0 bridgehead atoms. The maximum Gasteiger partial charge on any atom is 0.184 e. The Hall–Kier alpha value is -2.07. The molecule has 1 atom stereocenters. The highest BCUT2D eigenvalue weighted by molar-refractivity contribution is 6.00. The van der Waals surface area contributed by atoms with E-state index in [1.54, 1.807) is 30.3 Å². The van der Waals surface area contributed by atoms with Crippen LogP contribution in [0.2, 0.25) is 0 Å². The van der Waals surface area contributed by atoms with Gasteiger partial charge in [0, 0.05) is 11.6 Å². The molecule has 0 aliphatic rings. The van der Waals surface area contributed by atoms with Crippen molar-refractivity contribution >= 4 is 5.78 Å². The van der Waals surface area contributed by atoms with E-state index in [1.165, 1.54) is 0 Å². The third-order valence-corrected chi connectivity index (χ3v) is 2.59. The first-order valence-corrected chi connectivity index (χ1v) is 5.39. The molecule has 4 heteroatoms. The summed E-state index contributed by atoms with van der Waals surface area (Å²) in [4.78, 5) is 12.0. The summed E-state index contributed by atoms with van der Waals surface area (Å²) in [5.41, 5.74) is 6.31. The zero-order valence-corrected chi connectivity index (χ0v) is 9.44. The molecule has 0 aliphatic heterocycles. The standard InChI is InChI=1S/C14H11F2NO/c15-11-6-10(7-12(16)8-11)14(18)13(17)9-4-2-1-3-5-9/h1-8,13H,17H2/t13-/m1/s1. The van der Waals surface area contributed by atoms with Crippen LogP contribution in [0, 0.1) is 11.6 Å². The van der Waals surface area contributed by atoms with Gasteiger partial charge in [0.25, 0.3) is 0 Å². The van der Waals surface area contributed by atoms with Gasteiger partial charge in [-0.3, -0.25) is 4.79 Å². The Morgan fingerprint density at radius 2 is 1.56 bits per heavy atom. The molecule has 92 valence electrons. The summed E-state index contributed by atoms with van der Waals surface area (Å²) in [5, 5.41) is 0. The van der Waals surface area contributed by atoms with Crippen molar-refractivity contribution in [3.05, 3.63) is 71.3 Å². The lowest BCUT2D eigenvalue weighted by Gasteiger charge is -2.11. The van der Waals surface area contributed by atoms with Crippen LogP contribution in [0.4, 0.5) is 8.78 Å². The highest BCUT2D eigenvalue weighted by Gasteiger charge is 2.18. The van der Waals surface area contributed by atoms with Crippen LogP contribution in [-0.4, -0.2) is 5.78 Å². The molecular weight excluding hydrogens is 236 g/mol. The van der Waals surface area contributed by atoms with Crippen molar-refractivity contribution in [1.29, 1.82) is 0 Å². The van der Waals surface area contributed by atoms with E-state index in [-0.39, 0.29) is 5.56 Å². The second-order valence-corrected chi connectivity index (χ2v) is 3.91. The summed E-state index contributed by atoms with van der Waals surface area (Å²) in [7, 11) is 0. The number of hydrogen-bond donors (Lipinski definition) is 1. The molecule has 2 N–H and O–H groups in total. The normalized spacial score (nSPS) is 12.2. The molecule has 2 aromatic rings. The maximum atomic E-state index is 13.0. The van der Waals surface area contributed by atoms with Gasteiger partial charge < -0.3 is 5.73 Å². The molecule has 0 unspecified atom stereocenters. The van der Waals surface area contributed by atoms with Gasteiger partial charge in [-0.15, -0.1) is 0 Å². The van der Waals surface area contributed by atoms with Crippen LogP contribution in [0.3, 0.4) is 0 Å². The van der Waals surface area contributed by atoms with E-state index in [2.05, 4.69) is 0 Å². The molecule has 0 radical (unpaired) electrons. The summed E-state index contributed by atoms with van der Waals surface area (Å²) in [6.45, 7) is 0. The van der Waals surface area contributed by atoms with Gasteiger partial charge in [0.2, 0.25) is 0 Å². The van der Waals surface area contributed by atoms with Crippen molar-refractivity contribution in [2.45, 2.75) is 6.04 Å². The molecule has 0 aliphatic carbocycles. The molecule has 0 saturated heterocycles. The summed E-state index contributed by atoms with van der Waals surface area (Å²) in [5.74, 6) is -2.10. The summed E-state index contributed by atoms with van der Waals surface area (Å²) in [6, 6.07) is 10.4. The molecule has 18 heavy (non-hydrogen) atoms. The van der Waals surface area contributed by atoms with Crippen LogP contribution < -0.4 is 5.73 Å². The van der Waals surface area contributed by atoms with Gasteiger partial charge in [-0.05, 0) is 17.7 Å². The number of rotatable bonds is 3. The molecule has 0 amide bonds. The first-order chi connectivity index (χ1) is 8.58. The van der Waals surface area contributed by atoms with E-state index < -0.39 is 23.5 Å². The lowest BCUT2D eigenvalue weighted by atomic mass is 9.98. The predicted octanol–water partition coefficient (Wildman–Crippen LogP) is 2.85. The minimum atomic E-state index is -0.924. The molecule has 0 saturated carbocycles. The summed E-state index contributed by atoms with van der Waals surface area (Å²) >= 11 is 0. The van der Waals surface area contributed by atoms with Crippen molar-refractivity contribution in [3.8, 4) is 0 Å². The molecular formula is C14H11F2NO. The van der Waals surface area contributed by atoms with Crippen LogP contribution in [0.5, 0.6) is 0 Å². The average Bonchev–Trinajstić information content (AvgIpc) is 2.37. The van der Waals surface area contributed by atoms with Gasteiger partial charge in [-0.1, -0.05) is 30.3 Å². The van der Waals surface area contributed by atoms with Crippen LogP contribution in [0.1, 0.15) is 22.0 Å². The van der Waals surface area contributed by atoms with Crippen molar-refractivity contribution in [3.63, 3.8) is 0 Å². The van der Waals surface area contributed by atoms with E-state index in [9.17, 15) is 13.6 Å². The van der Waals surface area contributed by atoms with Gasteiger partial charge in [0.1, 0.15) is 11.6 Å². The summed E-state index contributed by atoms with van der Waals surface area (Å²) in [6.07, 6.45) is 0. The molecule has 2 aromatic carbocycles. The fraction of sp³-hybridized carbons (Fsp3) is 0.0714. The third kappa shape index (κ3) is 2.60. The Morgan fingerprint density at radius 1 is 1.00 bits per heavy atom. The van der Waals surface area contributed by atoms with Gasteiger partial charge in [0.05, 0.1) is 6.04 Å². The average molecular weight is 247 g/mol. The van der Waals surface area contributed by atoms with Crippen molar-refractivity contribution < 1.29 is 13.6 Å². The highest BCUT2D eigenvalue weighted by Crippen LogP contribution is 2.17. The lowest BCUT2D eigenvalue weighted by Crippen LogP contribution is -2.21. The van der Waals surface area contributed by atoms with Crippen molar-refractivity contribution in [1.82, 2.24) is 0 Å². The van der Waals surface area contributed by atoms with Crippen LogP contribution in [-0.2, 0) is 0 Å². The zero-order valence-electron chi connectivity index (χ0n) is 9.44. The fourth-order valence-electron chi connectivity index (χ4n) is 1.69. The first kappa shape index (κ1) is 12.4. The van der Waals surface area contributed by atoms with E-state index >= 15 is 0 Å². The minimum Gasteiger partial charge on any atom is -0.318 e. The number of carbonyl (C=O) groups excluding carboxylic acids is 1. The maximum absolute atomic E-state index is 13.0. The fourth-order valence-corrected chi connectivity index (χ4v) is 1.69. The predicted molar refractivity (Wildman–Crippen MR) is 64.1 cm³/mol.